The summed E-state index contributed by atoms with van der Waals surface area (Å²) in [6.45, 7) is 3.35. The number of methoxy groups -OCH3 is 1. The van der Waals surface area contributed by atoms with Gasteiger partial charge in [-0.05, 0) is 42.1 Å². The molecule has 0 unspecified atom stereocenters. The second-order valence-electron chi connectivity index (χ2n) is 6.51. The first-order valence-electron chi connectivity index (χ1n) is 9.05. The first-order valence-corrected chi connectivity index (χ1v) is 10.2. The van der Waals surface area contributed by atoms with Gasteiger partial charge in [-0.15, -0.1) is 0 Å². The molecule has 28 heavy (non-hydrogen) atoms. The molecule has 2 aliphatic heterocycles. The standard InChI is InChI=1S/C21H20ClN3O2S/c1-27-18-8-3-2-5-15(18)13-19-20(26)23-21(28-19)25-11-9-24(10-12-25)17-7-4-6-16(22)14-17/h2-8,13-14H,9-12H2,1H3/b19-13-. The van der Waals surface area contributed by atoms with E-state index >= 15 is 0 Å². The summed E-state index contributed by atoms with van der Waals surface area (Å²) in [6, 6.07) is 15.6. The summed E-state index contributed by atoms with van der Waals surface area (Å²) in [5.41, 5.74) is 2.00. The van der Waals surface area contributed by atoms with E-state index in [2.05, 4.69) is 20.9 Å². The first-order chi connectivity index (χ1) is 13.6. The van der Waals surface area contributed by atoms with E-state index < -0.39 is 0 Å². The van der Waals surface area contributed by atoms with Gasteiger partial charge in [0.1, 0.15) is 5.75 Å². The molecule has 5 nitrogen and oxygen atoms in total. The Labute approximate surface area is 173 Å². The van der Waals surface area contributed by atoms with Gasteiger partial charge in [-0.2, -0.15) is 4.99 Å². The van der Waals surface area contributed by atoms with Crippen LogP contribution in [0.25, 0.3) is 6.08 Å². The quantitative estimate of drug-likeness (QED) is 0.707. The number of carbonyl (C=O) groups excluding carboxylic acids is 1. The summed E-state index contributed by atoms with van der Waals surface area (Å²) in [4.78, 5) is 21.8. The minimum absolute atomic E-state index is 0.192. The number of amidine groups is 1. The Morgan fingerprint density at radius 3 is 2.57 bits per heavy atom. The van der Waals surface area contributed by atoms with Gasteiger partial charge in [0.2, 0.25) is 0 Å². The average Bonchev–Trinajstić information content (AvgIpc) is 3.09. The number of piperazine rings is 1. The lowest BCUT2D eigenvalue weighted by Gasteiger charge is -2.36. The summed E-state index contributed by atoms with van der Waals surface area (Å²) in [7, 11) is 1.63. The Morgan fingerprint density at radius 1 is 1.07 bits per heavy atom. The number of para-hydroxylation sites is 1. The van der Waals surface area contributed by atoms with Gasteiger partial charge in [0.25, 0.3) is 5.91 Å². The number of aliphatic imine (C=N–C) groups is 1. The third kappa shape index (κ3) is 4.03. The van der Waals surface area contributed by atoms with Crippen LogP contribution in [0.15, 0.2) is 58.4 Å². The number of ether oxygens (including phenoxy) is 1. The van der Waals surface area contributed by atoms with Gasteiger partial charge in [0.05, 0.1) is 12.0 Å². The molecule has 1 amide bonds. The monoisotopic (exact) mass is 413 g/mol. The predicted octanol–water partition coefficient (Wildman–Crippen LogP) is 4.14. The van der Waals surface area contributed by atoms with Crippen molar-refractivity contribution < 1.29 is 9.53 Å². The number of amides is 1. The highest BCUT2D eigenvalue weighted by Crippen LogP contribution is 2.33. The molecule has 0 N–H and O–H groups in total. The van der Waals surface area contributed by atoms with Crippen LogP contribution in [-0.4, -0.2) is 49.3 Å². The lowest BCUT2D eigenvalue weighted by molar-refractivity contribution is -0.113. The summed E-state index contributed by atoms with van der Waals surface area (Å²) in [5.74, 6) is 0.551. The summed E-state index contributed by atoms with van der Waals surface area (Å²) in [5, 5.41) is 1.52. The van der Waals surface area contributed by atoms with Crippen LogP contribution < -0.4 is 9.64 Å². The maximum atomic E-state index is 12.4. The summed E-state index contributed by atoms with van der Waals surface area (Å²) >= 11 is 7.54. The van der Waals surface area contributed by atoms with Crippen LogP contribution in [0.4, 0.5) is 5.69 Å². The summed E-state index contributed by atoms with van der Waals surface area (Å²) in [6.07, 6.45) is 1.85. The molecule has 4 rings (SSSR count). The number of benzene rings is 2. The molecule has 0 saturated carbocycles. The van der Waals surface area contributed by atoms with E-state index in [9.17, 15) is 4.79 Å². The molecule has 1 saturated heterocycles. The molecule has 0 bridgehead atoms. The highest BCUT2D eigenvalue weighted by molar-refractivity contribution is 8.18. The van der Waals surface area contributed by atoms with Crippen LogP contribution in [-0.2, 0) is 4.79 Å². The Bertz CT molecular complexity index is 952. The van der Waals surface area contributed by atoms with Crippen molar-refractivity contribution in [1.82, 2.24) is 4.90 Å². The molecule has 2 aliphatic rings. The van der Waals surface area contributed by atoms with Crippen molar-refractivity contribution in [2.24, 2.45) is 4.99 Å². The average molecular weight is 414 g/mol. The number of hydrogen-bond acceptors (Lipinski definition) is 5. The van der Waals surface area contributed by atoms with Gasteiger partial charge < -0.3 is 14.5 Å². The molecule has 2 aromatic rings. The van der Waals surface area contributed by atoms with E-state index in [4.69, 9.17) is 16.3 Å². The Hall–Kier alpha value is -2.44. The predicted molar refractivity (Wildman–Crippen MR) is 116 cm³/mol. The number of hydrogen-bond donors (Lipinski definition) is 0. The molecule has 2 aromatic carbocycles. The van der Waals surface area contributed by atoms with Crippen molar-refractivity contribution in [3.05, 3.63) is 64.0 Å². The fourth-order valence-corrected chi connectivity index (χ4v) is 4.43. The lowest BCUT2D eigenvalue weighted by Crippen LogP contribution is -2.47. The topological polar surface area (TPSA) is 45.1 Å². The van der Waals surface area contributed by atoms with Crippen LogP contribution >= 0.6 is 23.4 Å². The highest BCUT2D eigenvalue weighted by atomic mass is 35.5. The van der Waals surface area contributed by atoms with E-state index in [-0.39, 0.29) is 5.91 Å². The van der Waals surface area contributed by atoms with Gasteiger partial charge >= 0.3 is 0 Å². The van der Waals surface area contributed by atoms with Gasteiger partial charge in [0, 0.05) is 42.5 Å². The Morgan fingerprint density at radius 2 is 1.82 bits per heavy atom. The molecule has 0 atom stereocenters. The normalized spacial score (nSPS) is 18.6. The SMILES string of the molecule is COc1ccccc1/C=C1\SC(N2CCN(c3cccc(Cl)c3)CC2)=NC1=O. The number of halogens is 1. The van der Waals surface area contributed by atoms with E-state index in [1.165, 1.54) is 11.8 Å². The number of carbonyl (C=O) groups is 1. The number of rotatable bonds is 3. The molecule has 0 radical (unpaired) electrons. The smallest absolute Gasteiger partial charge is 0.286 e. The minimum Gasteiger partial charge on any atom is -0.496 e. The van der Waals surface area contributed by atoms with Gasteiger partial charge in [-0.25, -0.2) is 0 Å². The third-order valence-electron chi connectivity index (χ3n) is 4.76. The molecule has 1 fully saturated rings. The van der Waals surface area contributed by atoms with Crippen molar-refractivity contribution in [3.63, 3.8) is 0 Å². The van der Waals surface area contributed by atoms with Crippen LogP contribution in [0, 0.1) is 0 Å². The molecule has 0 aliphatic carbocycles. The van der Waals surface area contributed by atoms with E-state index in [0.29, 0.717) is 4.91 Å². The van der Waals surface area contributed by atoms with E-state index in [1.54, 1.807) is 7.11 Å². The number of anilines is 1. The van der Waals surface area contributed by atoms with Gasteiger partial charge in [-0.3, -0.25) is 4.79 Å². The molecule has 0 aromatic heterocycles. The number of thioether (sulfide) groups is 1. The van der Waals surface area contributed by atoms with Gasteiger partial charge in [-0.1, -0.05) is 35.9 Å². The fourth-order valence-electron chi connectivity index (χ4n) is 3.29. The highest BCUT2D eigenvalue weighted by Gasteiger charge is 2.28. The Kier molecular flexibility index (Phi) is 5.59. The number of nitrogens with zero attached hydrogens (tertiary/aromatic N) is 3. The third-order valence-corrected chi connectivity index (χ3v) is 6.04. The zero-order valence-electron chi connectivity index (χ0n) is 15.5. The second kappa shape index (κ2) is 8.29. The van der Waals surface area contributed by atoms with Crippen molar-refractivity contribution >= 4 is 46.2 Å². The first kappa shape index (κ1) is 18.9. The second-order valence-corrected chi connectivity index (χ2v) is 7.95. The molecule has 144 valence electrons. The van der Waals surface area contributed by atoms with Crippen molar-refractivity contribution in [2.45, 2.75) is 0 Å². The summed E-state index contributed by atoms with van der Waals surface area (Å²) < 4.78 is 5.37. The maximum absolute atomic E-state index is 12.4. The molecular weight excluding hydrogens is 394 g/mol. The van der Waals surface area contributed by atoms with Crippen LogP contribution in [0.3, 0.4) is 0 Å². The fraction of sp³-hybridized carbons (Fsp3) is 0.238. The van der Waals surface area contributed by atoms with E-state index in [0.717, 1.165) is 53.4 Å². The van der Waals surface area contributed by atoms with Crippen molar-refractivity contribution in [2.75, 3.05) is 38.2 Å². The minimum atomic E-state index is -0.192. The Balaban J connectivity index is 1.42. The lowest BCUT2D eigenvalue weighted by atomic mass is 10.2. The zero-order valence-corrected chi connectivity index (χ0v) is 17.0. The molecular formula is C21H20ClN3O2S. The van der Waals surface area contributed by atoms with E-state index in [1.807, 2.05) is 48.5 Å². The van der Waals surface area contributed by atoms with Crippen molar-refractivity contribution in [3.8, 4) is 5.75 Å². The largest absolute Gasteiger partial charge is 0.496 e. The maximum Gasteiger partial charge on any atom is 0.286 e. The molecule has 2 heterocycles. The molecule has 7 heteroatoms. The molecule has 0 spiro atoms. The van der Waals surface area contributed by atoms with Crippen LogP contribution in [0.1, 0.15) is 5.56 Å². The van der Waals surface area contributed by atoms with Crippen molar-refractivity contribution in [1.29, 1.82) is 0 Å². The van der Waals surface area contributed by atoms with Gasteiger partial charge in [0.15, 0.2) is 5.17 Å². The van der Waals surface area contributed by atoms with Crippen LogP contribution in [0.2, 0.25) is 5.02 Å². The van der Waals surface area contributed by atoms with Crippen LogP contribution in [0.5, 0.6) is 5.75 Å². The zero-order chi connectivity index (χ0) is 19.5.